The number of anilines is 1. The Morgan fingerprint density at radius 3 is 2.35 bits per heavy atom. The molecular weight excluding hydrogens is 682 g/mol. The number of alkyl carbamates (subject to hydrolysis) is 1. The van der Waals surface area contributed by atoms with E-state index in [2.05, 4.69) is 32.2 Å². The quantitative estimate of drug-likeness (QED) is 0.227. The van der Waals surface area contributed by atoms with Crippen LogP contribution >= 0.6 is 0 Å². The van der Waals surface area contributed by atoms with E-state index >= 15 is 0 Å². The molecule has 4 fully saturated rings. The molecule has 5 rings (SSSR count). The Morgan fingerprint density at radius 1 is 1.04 bits per heavy atom. The molecule has 5 atom stereocenters. The van der Waals surface area contributed by atoms with E-state index in [0.29, 0.717) is 26.2 Å². The van der Waals surface area contributed by atoms with Gasteiger partial charge in [0.25, 0.3) is 15.9 Å². The van der Waals surface area contributed by atoms with Crippen molar-refractivity contribution in [2.45, 2.75) is 86.6 Å². The second kappa shape index (κ2) is 15.9. The number of hydrogen-bond donors (Lipinski definition) is 4. The molecule has 51 heavy (non-hydrogen) atoms. The molecule has 0 aromatic heterocycles. The first-order valence-electron chi connectivity index (χ1n) is 17.5. The first kappa shape index (κ1) is 37.9. The van der Waals surface area contributed by atoms with Gasteiger partial charge in [-0.1, -0.05) is 25.1 Å². The Labute approximate surface area is 298 Å². The van der Waals surface area contributed by atoms with Crippen LogP contribution in [0.4, 0.5) is 15.3 Å². The average Bonchev–Trinajstić information content (AvgIpc) is 3.37. The smallest absolute Gasteiger partial charge is 0.410 e. The van der Waals surface area contributed by atoms with Gasteiger partial charge in [0.15, 0.2) is 0 Å². The van der Waals surface area contributed by atoms with Crippen LogP contribution in [0.15, 0.2) is 41.8 Å². The van der Waals surface area contributed by atoms with Gasteiger partial charge in [-0.25, -0.2) is 22.7 Å². The summed E-state index contributed by atoms with van der Waals surface area (Å²) in [5.41, 5.74) is -1.38. The second-order valence-corrected chi connectivity index (χ2v) is 15.3. The summed E-state index contributed by atoms with van der Waals surface area (Å²) >= 11 is 0. The predicted molar refractivity (Wildman–Crippen MR) is 186 cm³/mol. The molecule has 0 radical (unpaired) electrons. The van der Waals surface area contributed by atoms with Crippen LogP contribution in [-0.2, 0) is 33.9 Å². The second-order valence-electron chi connectivity index (χ2n) is 13.6. The van der Waals surface area contributed by atoms with Crippen molar-refractivity contribution < 1.29 is 41.9 Å². The van der Waals surface area contributed by atoms with Gasteiger partial charge in [0.2, 0.25) is 11.8 Å². The molecule has 5 amide bonds. The summed E-state index contributed by atoms with van der Waals surface area (Å²) in [6, 6.07) is 3.81. The topological polar surface area (TPSA) is 196 Å². The Bertz CT molecular complexity index is 1610. The maximum Gasteiger partial charge on any atom is 0.410 e. The molecule has 2 saturated carbocycles. The number of piperazine rings is 1. The van der Waals surface area contributed by atoms with Gasteiger partial charge in [0.05, 0.1) is 12.2 Å². The van der Waals surface area contributed by atoms with Crippen molar-refractivity contribution >= 4 is 45.6 Å². The van der Waals surface area contributed by atoms with Crippen LogP contribution in [0.25, 0.3) is 0 Å². The minimum Gasteiger partial charge on any atom is -0.446 e. The van der Waals surface area contributed by atoms with Crippen molar-refractivity contribution in [1.29, 1.82) is 0 Å². The standard InChI is InChI=1S/C34H49N7O9S/c1-5-22-20-34(22,31(44)38-51(47,48)28-14-10-9-13-26(28)35-3)37-29(42)27-19-24(50-33(46)40-17-15-39(4)16-18-40)21-41(27)30(43)25(6-2)36-32(45)49-23-11-7-8-12-23/h5,9-10,13-14,22-25,27,35H,1,6-8,11-12,15-21H2,2-4H3,(H,36,45)(H,37,42)(H,38,44)/t22-,24-,25+,27+,34-/m1/s1. The van der Waals surface area contributed by atoms with E-state index in [-0.39, 0.29) is 42.5 Å². The SMILES string of the molecule is C=C[C@@H]1C[C@]1(NC(=O)[C@@H]1C[C@@H](OC(=O)N2CCN(C)CC2)CN1C(=O)[C@H](CC)NC(=O)OC1CCCC1)C(=O)NS(=O)(=O)c1ccccc1NC. The van der Waals surface area contributed by atoms with Gasteiger partial charge >= 0.3 is 12.2 Å². The molecule has 4 N–H and O–H groups in total. The summed E-state index contributed by atoms with van der Waals surface area (Å²) in [7, 11) is -0.854. The average molecular weight is 732 g/mol. The number of carbonyl (C=O) groups excluding carboxylic acids is 5. The van der Waals surface area contributed by atoms with Crippen LogP contribution in [0.1, 0.15) is 51.9 Å². The highest BCUT2D eigenvalue weighted by Gasteiger charge is 2.61. The number of rotatable bonds is 12. The fraction of sp³-hybridized carbons (Fsp3) is 0.618. The summed E-state index contributed by atoms with van der Waals surface area (Å²) in [5.74, 6) is -2.87. The lowest BCUT2D eigenvalue weighted by atomic mass is 10.1. The Hall–Kier alpha value is -4.38. The van der Waals surface area contributed by atoms with Crippen molar-refractivity contribution in [2.24, 2.45) is 5.92 Å². The van der Waals surface area contributed by atoms with Crippen LogP contribution in [0.5, 0.6) is 0 Å². The van der Waals surface area contributed by atoms with Crippen molar-refractivity contribution in [3.63, 3.8) is 0 Å². The molecule has 16 nitrogen and oxygen atoms in total. The van der Waals surface area contributed by atoms with Crippen molar-refractivity contribution in [1.82, 2.24) is 30.1 Å². The number of likely N-dealkylation sites (N-methyl/N-ethyl adjacent to an activating group) is 1. The number of likely N-dealkylation sites (tertiary alicyclic amines) is 1. The largest absolute Gasteiger partial charge is 0.446 e. The molecule has 0 unspecified atom stereocenters. The fourth-order valence-electron chi connectivity index (χ4n) is 6.97. The summed E-state index contributed by atoms with van der Waals surface area (Å²) in [4.78, 5) is 72.4. The number of benzene rings is 1. The monoisotopic (exact) mass is 731 g/mol. The predicted octanol–water partition coefficient (Wildman–Crippen LogP) is 1.40. The van der Waals surface area contributed by atoms with Crippen LogP contribution in [0.2, 0.25) is 0 Å². The highest BCUT2D eigenvalue weighted by molar-refractivity contribution is 7.90. The first-order chi connectivity index (χ1) is 24.3. The van der Waals surface area contributed by atoms with Crippen LogP contribution in [0.3, 0.4) is 0 Å². The number of sulfonamides is 1. The zero-order valence-electron chi connectivity index (χ0n) is 29.4. The van der Waals surface area contributed by atoms with Crippen LogP contribution < -0.4 is 20.7 Å². The fourth-order valence-corrected chi connectivity index (χ4v) is 8.22. The molecule has 1 aromatic carbocycles. The lowest BCUT2D eigenvalue weighted by molar-refractivity contribution is -0.141. The summed E-state index contributed by atoms with van der Waals surface area (Å²) < 4.78 is 40.0. The van der Waals surface area contributed by atoms with Gasteiger partial charge in [-0.15, -0.1) is 6.58 Å². The molecule has 4 aliphatic rings. The zero-order chi connectivity index (χ0) is 36.9. The highest BCUT2D eigenvalue weighted by atomic mass is 32.2. The normalized spacial score (nSPS) is 25.7. The number of ether oxygens (including phenoxy) is 2. The summed E-state index contributed by atoms with van der Waals surface area (Å²) in [5, 5.41) is 8.14. The number of nitrogens with zero attached hydrogens (tertiary/aromatic N) is 3. The Balaban J connectivity index is 1.34. The molecule has 280 valence electrons. The van der Waals surface area contributed by atoms with E-state index in [1.165, 1.54) is 23.1 Å². The minimum absolute atomic E-state index is 0.0753. The minimum atomic E-state index is -4.36. The lowest BCUT2D eigenvalue weighted by Crippen LogP contribution is -2.58. The van der Waals surface area contributed by atoms with Gasteiger partial charge in [-0.3, -0.25) is 14.4 Å². The van der Waals surface area contributed by atoms with Crippen LogP contribution in [-0.4, -0.2) is 130 Å². The third-order valence-electron chi connectivity index (χ3n) is 10.2. The summed E-state index contributed by atoms with van der Waals surface area (Å²) in [6.45, 7) is 7.58. The third-order valence-corrected chi connectivity index (χ3v) is 11.6. The zero-order valence-corrected chi connectivity index (χ0v) is 30.2. The molecule has 2 saturated heterocycles. The maximum atomic E-state index is 14.1. The van der Waals surface area contributed by atoms with E-state index in [9.17, 15) is 32.4 Å². The van der Waals surface area contributed by atoms with E-state index in [1.54, 1.807) is 31.0 Å². The molecular formula is C34H49N7O9S. The lowest BCUT2D eigenvalue weighted by Gasteiger charge is -2.32. The van der Waals surface area contributed by atoms with Crippen LogP contribution in [0, 0.1) is 5.92 Å². The number of carbonyl (C=O) groups is 5. The molecule has 17 heteroatoms. The highest BCUT2D eigenvalue weighted by Crippen LogP contribution is 2.45. The Kier molecular flexibility index (Phi) is 11.8. The molecule has 1 aromatic rings. The van der Waals surface area contributed by atoms with Crippen molar-refractivity contribution in [2.75, 3.05) is 52.1 Å². The van der Waals surface area contributed by atoms with E-state index in [1.807, 2.05) is 7.05 Å². The number of nitrogens with one attached hydrogen (secondary N) is 4. The number of hydrogen-bond acceptors (Lipinski definition) is 11. The summed E-state index contributed by atoms with van der Waals surface area (Å²) in [6.07, 6.45) is 2.65. The molecule has 2 aliphatic carbocycles. The van der Waals surface area contributed by atoms with Gasteiger partial charge in [0.1, 0.15) is 34.7 Å². The Morgan fingerprint density at radius 2 is 1.73 bits per heavy atom. The van der Waals surface area contributed by atoms with Gasteiger partial charge in [0, 0.05) is 45.6 Å². The number of para-hydroxylation sites is 1. The van der Waals surface area contributed by atoms with Crippen molar-refractivity contribution in [3.8, 4) is 0 Å². The first-order valence-corrected chi connectivity index (χ1v) is 19.0. The van der Waals surface area contributed by atoms with Crippen molar-refractivity contribution in [3.05, 3.63) is 36.9 Å². The molecule has 0 spiro atoms. The molecule has 0 bridgehead atoms. The van der Waals surface area contributed by atoms with Gasteiger partial charge in [-0.05, 0) is 57.7 Å². The van der Waals surface area contributed by atoms with E-state index < -0.39 is 69.6 Å². The van der Waals surface area contributed by atoms with E-state index in [0.717, 1.165) is 25.7 Å². The molecule has 2 heterocycles. The van der Waals surface area contributed by atoms with E-state index in [4.69, 9.17) is 9.47 Å². The number of amides is 5. The molecule has 2 aliphatic heterocycles. The maximum absolute atomic E-state index is 14.1. The van der Waals surface area contributed by atoms with Gasteiger partial charge < -0.3 is 40.1 Å². The van der Waals surface area contributed by atoms with Gasteiger partial charge in [-0.2, -0.15) is 0 Å². The third kappa shape index (κ3) is 8.57.